The summed E-state index contributed by atoms with van der Waals surface area (Å²) in [6.07, 6.45) is 8.95. The molecule has 1 aromatic carbocycles. The summed E-state index contributed by atoms with van der Waals surface area (Å²) in [4.78, 5) is 2.37. The fourth-order valence-corrected chi connectivity index (χ4v) is 2.97. The van der Waals surface area contributed by atoms with Gasteiger partial charge in [-0.2, -0.15) is 4.57 Å². The van der Waals surface area contributed by atoms with Gasteiger partial charge in [-0.05, 0) is 50.1 Å². The van der Waals surface area contributed by atoms with Crippen LogP contribution in [0.4, 0.5) is 5.69 Å². The van der Waals surface area contributed by atoms with Crippen molar-refractivity contribution in [1.29, 1.82) is 0 Å². The minimum Gasteiger partial charge on any atom is -1.00 e. The van der Waals surface area contributed by atoms with Gasteiger partial charge in [-0.15, -0.1) is 0 Å². The second kappa shape index (κ2) is 12.7. The van der Waals surface area contributed by atoms with Crippen LogP contribution in [0.5, 0.6) is 0 Å². The Balaban J connectivity index is 0.00000312. The summed E-state index contributed by atoms with van der Waals surface area (Å²) in [6.45, 7) is 12.0. The molecule has 2 aromatic rings. The number of rotatable bonds is 8. The zero-order valence-corrected chi connectivity index (χ0v) is 18.1. The molecule has 0 radical (unpaired) electrons. The van der Waals surface area contributed by atoms with Crippen LogP contribution in [-0.2, 0) is 13.0 Å². The first kappa shape index (κ1) is 24.4. The van der Waals surface area contributed by atoms with Crippen LogP contribution in [0.1, 0.15) is 50.9 Å². The normalized spacial score (nSPS) is 10.3. The molecular weight excluding hydrogens is 388 g/mol. The first-order valence-electron chi connectivity index (χ1n) is 9.27. The van der Waals surface area contributed by atoms with Crippen LogP contribution in [0.2, 0.25) is 0 Å². The van der Waals surface area contributed by atoms with E-state index in [1.54, 1.807) is 0 Å². The molecule has 1 aromatic heterocycles. The summed E-state index contributed by atoms with van der Waals surface area (Å²) >= 11 is 0. The number of hydrogen-bond donors (Lipinski definition) is 0. The number of pyridine rings is 1. The van der Waals surface area contributed by atoms with Crippen molar-refractivity contribution < 1.29 is 27.0 Å². The number of anilines is 1. The molecule has 0 spiro atoms. The van der Waals surface area contributed by atoms with Gasteiger partial charge >= 0.3 is 0 Å². The lowest BCUT2D eigenvalue weighted by molar-refractivity contribution is -0.698. The first-order valence-corrected chi connectivity index (χ1v) is 9.27. The maximum atomic E-state index is 2.37. The maximum absolute atomic E-state index is 2.37. The summed E-state index contributed by atoms with van der Waals surface area (Å²) < 4.78 is 2.36. The molecule has 0 saturated heterocycles. The largest absolute Gasteiger partial charge is 1.00 e. The Morgan fingerprint density at radius 2 is 1.54 bits per heavy atom. The van der Waals surface area contributed by atoms with Crippen molar-refractivity contribution in [2.75, 3.05) is 18.0 Å². The van der Waals surface area contributed by atoms with E-state index in [-0.39, 0.29) is 22.5 Å². The highest BCUT2D eigenvalue weighted by Gasteiger charge is 2.08. The summed E-state index contributed by atoms with van der Waals surface area (Å²) in [5.41, 5.74) is 5.20. The topological polar surface area (TPSA) is 38.6 Å². The molecule has 3 nitrogen and oxygen atoms in total. The van der Waals surface area contributed by atoms with E-state index in [4.69, 9.17) is 0 Å². The number of benzene rings is 1. The molecule has 4 heteroatoms. The van der Waals surface area contributed by atoms with Gasteiger partial charge in [-0.25, -0.2) is 0 Å². The predicted molar refractivity (Wildman–Crippen MR) is 109 cm³/mol. The number of hydrogen-bond acceptors (Lipinski definition) is 1. The van der Waals surface area contributed by atoms with Crippen LogP contribution in [0.3, 0.4) is 0 Å². The fraction of sp³-hybridized carbons (Fsp3) is 0.409. The van der Waals surface area contributed by atoms with Crippen LogP contribution in [0.25, 0.3) is 12.2 Å². The Hall–Kier alpha value is -1.65. The Bertz CT molecular complexity index is 664. The van der Waals surface area contributed by atoms with Gasteiger partial charge in [0.05, 0.1) is 0 Å². The SMILES string of the molecule is CCC[n+]1cc(CC)ccc1/C=C/c1ccc(N(CC)CC)cc1.O.[Br-]. The summed E-state index contributed by atoms with van der Waals surface area (Å²) in [6, 6.07) is 13.3. The Morgan fingerprint density at radius 3 is 2.08 bits per heavy atom. The van der Waals surface area contributed by atoms with E-state index in [1.807, 2.05) is 0 Å². The quantitative estimate of drug-likeness (QED) is 0.590. The Kier molecular flexibility index (Phi) is 11.9. The lowest BCUT2D eigenvalue weighted by atomic mass is 10.1. The Morgan fingerprint density at radius 1 is 0.885 bits per heavy atom. The second-order valence-corrected chi connectivity index (χ2v) is 6.11. The minimum atomic E-state index is 0. The molecule has 0 atom stereocenters. The van der Waals surface area contributed by atoms with E-state index in [0.29, 0.717) is 0 Å². The first-order chi connectivity index (χ1) is 11.7. The van der Waals surface area contributed by atoms with Crippen molar-refractivity contribution in [3.63, 3.8) is 0 Å². The Labute approximate surface area is 169 Å². The second-order valence-electron chi connectivity index (χ2n) is 6.11. The van der Waals surface area contributed by atoms with Gasteiger partial charge in [0.2, 0.25) is 5.69 Å². The third-order valence-electron chi connectivity index (χ3n) is 4.46. The van der Waals surface area contributed by atoms with E-state index >= 15 is 0 Å². The van der Waals surface area contributed by atoms with Crippen LogP contribution in [0.15, 0.2) is 42.6 Å². The van der Waals surface area contributed by atoms with Gasteiger partial charge in [-0.3, -0.25) is 0 Å². The van der Waals surface area contributed by atoms with E-state index in [0.717, 1.165) is 32.5 Å². The minimum absolute atomic E-state index is 0. The zero-order chi connectivity index (χ0) is 17.4. The third kappa shape index (κ3) is 6.58. The molecule has 2 N–H and O–H groups in total. The number of aromatic nitrogens is 1. The van der Waals surface area contributed by atoms with Gasteiger partial charge in [-0.1, -0.05) is 26.0 Å². The van der Waals surface area contributed by atoms with Gasteiger partial charge in [0.15, 0.2) is 6.20 Å². The van der Waals surface area contributed by atoms with Crippen molar-refractivity contribution in [1.82, 2.24) is 0 Å². The molecule has 0 fully saturated rings. The smallest absolute Gasteiger partial charge is 0.205 e. The zero-order valence-electron chi connectivity index (χ0n) is 16.5. The molecular formula is C22H33BrN2O. The fourth-order valence-electron chi connectivity index (χ4n) is 2.97. The number of aryl methyl sites for hydroxylation is 2. The maximum Gasteiger partial charge on any atom is 0.205 e. The molecule has 0 unspecified atom stereocenters. The van der Waals surface area contributed by atoms with Crippen molar-refractivity contribution in [2.45, 2.75) is 47.1 Å². The standard InChI is InChI=1S/C22H31N2.BrH.H2O/c1-5-17-24-18-19(6-2)9-13-22(24)16-12-20-10-14-21(15-11-20)23(7-3)8-4;;/h9-16,18H,5-8,17H2,1-4H3;1H;1H2/q+1;;/p-1. The third-order valence-corrected chi connectivity index (χ3v) is 4.46. The van der Waals surface area contributed by atoms with Crippen molar-refractivity contribution >= 4 is 17.8 Å². The van der Waals surface area contributed by atoms with E-state index in [1.165, 1.54) is 22.5 Å². The molecule has 144 valence electrons. The summed E-state index contributed by atoms with van der Waals surface area (Å²) in [5.74, 6) is 0. The van der Waals surface area contributed by atoms with Crippen LogP contribution >= 0.6 is 0 Å². The lowest BCUT2D eigenvalue weighted by Gasteiger charge is -2.20. The van der Waals surface area contributed by atoms with Crippen molar-refractivity contribution in [3.05, 3.63) is 59.4 Å². The molecule has 26 heavy (non-hydrogen) atoms. The van der Waals surface area contributed by atoms with Gasteiger partial charge in [0.25, 0.3) is 0 Å². The molecule has 2 rings (SSSR count). The summed E-state index contributed by atoms with van der Waals surface area (Å²) in [5, 5.41) is 0. The predicted octanol–water partition coefficient (Wildman–Crippen LogP) is 1.14. The molecule has 0 bridgehead atoms. The van der Waals surface area contributed by atoms with Gasteiger partial charge < -0.3 is 27.4 Å². The number of nitrogens with zero attached hydrogens (tertiary/aromatic N) is 2. The monoisotopic (exact) mass is 420 g/mol. The average molecular weight is 421 g/mol. The highest BCUT2D eigenvalue weighted by atomic mass is 79.9. The molecule has 0 saturated carbocycles. The van der Waals surface area contributed by atoms with Crippen LogP contribution < -0.4 is 26.4 Å². The molecule has 0 aliphatic rings. The highest BCUT2D eigenvalue weighted by Crippen LogP contribution is 2.16. The van der Waals surface area contributed by atoms with Crippen LogP contribution in [-0.4, -0.2) is 18.6 Å². The van der Waals surface area contributed by atoms with Gasteiger partial charge in [0.1, 0.15) is 6.54 Å². The number of halogens is 1. The van der Waals surface area contributed by atoms with Crippen molar-refractivity contribution in [3.8, 4) is 0 Å². The van der Waals surface area contributed by atoms with E-state index < -0.39 is 0 Å². The van der Waals surface area contributed by atoms with E-state index in [9.17, 15) is 0 Å². The molecule has 0 amide bonds. The molecule has 0 aliphatic carbocycles. The van der Waals surface area contributed by atoms with Gasteiger partial charge in [0, 0.05) is 42.9 Å². The summed E-state index contributed by atoms with van der Waals surface area (Å²) in [7, 11) is 0. The van der Waals surface area contributed by atoms with Crippen molar-refractivity contribution in [2.24, 2.45) is 0 Å². The van der Waals surface area contributed by atoms with E-state index in [2.05, 4.69) is 91.9 Å². The van der Waals surface area contributed by atoms with Crippen LogP contribution in [0, 0.1) is 0 Å². The molecule has 1 heterocycles. The lowest BCUT2D eigenvalue weighted by Crippen LogP contribution is -3.00. The highest BCUT2D eigenvalue weighted by molar-refractivity contribution is 5.68. The molecule has 0 aliphatic heterocycles. The average Bonchev–Trinajstić information content (AvgIpc) is 2.63.